The Hall–Kier alpha value is -2.49. The van der Waals surface area contributed by atoms with Crippen LogP contribution in [-0.4, -0.2) is 15.0 Å². The molecule has 2 N–H and O–H groups in total. The molecule has 0 amide bonds. The fourth-order valence-electron chi connectivity index (χ4n) is 2.24. The van der Waals surface area contributed by atoms with Gasteiger partial charge in [-0.15, -0.1) is 0 Å². The zero-order chi connectivity index (χ0) is 13.2. The van der Waals surface area contributed by atoms with Crippen molar-refractivity contribution in [3.05, 3.63) is 48.4 Å². The molecular formula is C15H14N4. The highest BCUT2D eigenvalue weighted by atomic mass is 14.9. The number of rotatable bonds is 2. The molecule has 1 aromatic carbocycles. The van der Waals surface area contributed by atoms with Gasteiger partial charge in [0.25, 0.3) is 0 Å². The number of nitrogens with zero attached hydrogens (tertiary/aromatic N) is 3. The van der Waals surface area contributed by atoms with E-state index in [2.05, 4.69) is 27.9 Å². The van der Waals surface area contributed by atoms with Crippen molar-refractivity contribution in [3.8, 4) is 11.3 Å². The molecule has 0 radical (unpaired) electrons. The van der Waals surface area contributed by atoms with Gasteiger partial charge < -0.3 is 5.73 Å². The number of pyridine rings is 1. The molecular weight excluding hydrogens is 236 g/mol. The van der Waals surface area contributed by atoms with E-state index in [1.807, 2.05) is 24.3 Å². The van der Waals surface area contributed by atoms with Gasteiger partial charge in [0, 0.05) is 22.7 Å². The third-order valence-electron chi connectivity index (χ3n) is 3.21. The quantitative estimate of drug-likeness (QED) is 0.759. The molecule has 0 aliphatic carbocycles. The van der Waals surface area contributed by atoms with Crippen LogP contribution in [0.3, 0.4) is 0 Å². The molecule has 0 fully saturated rings. The lowest BCUT2D eigenvalue weighted by atomic mass is 10.0. The molecule has 2 aromatic heterocycles. The number of anilines is 1. The van der Waals surface area contributed by atoms with Crippen molar-refractivity contribution in [3.63, 3.8) is 0 Å². The van der Waals surface area contributed by atoms with Crippen LogP contribution in [0, 0.1) is 0 Å². The largest absolute Gasteiger partial charge is 0.383 e. The van der Waals surface area contributed by atoms with Crippen LogP contribution in [0.2, 0.25) is 0 Å². The monoisotopic (exact) mass is 250 g/mol. The van der Waals surface area contributed by atoms with E-state index < -0.39 is 0 Å². The van der Waals surface area contributed by atoms with Gasteiger partial charge in [0.1, 0.15) is 12.1 Å². The molecule has 0 spiro atoms. The van der Waals surface area contributed by atoms with Gasteiger partial charge in [0.15, 0.2) is 0 Å². The molecule has 4 nitrogen and oxygen atoms in total. The van der Waals surface area contributed by atoms with Crippen molar-refractivity contribution in [2.45, 2.75) is 13.3 Å². The minimum atomic E-state index is 0.550. The molecule has 19 heavy (non-hydrogen) atoms. The minimum Gasteiger partial charge on any atom is -0.383 e. The number of aromatic nitrogens is 3. The Balaban J connectivity index is 2.22. The molecule has 0 saturated heterocycles. The Bertz CT molecular complexity index is 737. The van der Waals surface area contributed by atoms with Gasteiger partial charge in [0.2, 0.25) is 0 Å². The number of fused-ring (bicyclic) bond motifs is 1. The third kappa shape index (κ3) is 2.01. The lowest BCUT2D eigenvalue weighted by Crippen LogP contribution is -2.01. The molecule has 0 unspecified atom stereocenters. The van der Waals surface area contributed by atoms with E-state index in [4.69, 9.17) is 5.73 Å². The Labute approximate surface area is 111 Å². The first-order chi connectivity index (χ1) is 9.29. The summed E-state index contributed by atoms with van der Waals surface area (Å²) in [5.41, 5.74) is 9.77. The topological polar surface area (TPSA) is 64.7 Å². The first-order valence-corrected chi connectivity index (χ1v) is 6.24. The maximum atomic E-state index is 5.92. The van der Waals surface area contributed by atoms with Gasteiger partial charge in [-0.1, -0.05) is 25.1 Å². The molecule has 3 aromatic rings. The summed E-state index contributed by atoms with van der Waals surface area (Å²) in [4.78, 5) is 12.8. The van der Waals surface area contributed by atoms with Gasteiger partial charge in [-0.25, -0.2) is 9.97 Å². The lowest BCUT2D eigenvalue weighted by Gasteiger charge is -2.09. The highest BCUT2D eigenvalue weighted by molar-refractivity contribution is 5.84. The van der Waals surface area contributed by atoms with E-state index in [1.54, 1.807) is 6.20 Å². The Morgan fingerprint density at radius 3 is 2.84 bits per heavy atom. The second-order valence-electron chi connectivity index (χ2n) is 4.35. The van der Waals surface area contributed by atoms with E-state index in [0.717, 1.165) is 34.1 Å². The van der Waals surface area contributed by atoms with Crippen LogP contribution in [0.15, 0.2) is 42.9 Å². The van der Waals surface area contributed by atoms with Crippen LogP contribution in [0.25, 0.3) is 22.2 Å². The second-order valence-corrected chi connectivity index (χ2v) is 4.35. The summed E-state index contributed by atoms with van der Waals surface area (Å²) in [6, 6.07) is 10.1. The van der Waals surface area contributed by atoms with Crippen molar-refractivity contribution < 1.29 is 0 Å². The van der Waals surface area contributed by atoms with Crippen LogP contribution in [0.1, 0.15) is 12.5 Å². The summed E-state index contributed by atoms with van der Waals surface area (Å²) in [7, 11) is 0. The van der Waals surface area contributed by atoms with E-state index in [1.165, 1.54) is 6.33 Å². The minimum absolute atomic E-state index is 0.550. The summed E-state index contributed by atoms with van der Waals surface area (Å²) in [5.74, 6) is 0.550. The molecule has 0 aliphatic heterocycles. The fraction of sp³-hybridized carbons (Fsp3) is 0.133. The van der Waals surface area contributed by atoms with Crippen molar-refractivity contribution >= 4 is 16.7 Å². The number of nitrogens with two attached hydrogens (primary N) is 1. The summed E-state index contributed by atoms with van der Waals surface area (Å²) >= 11 is 0. The van der Waals surface area contributed by atoms with Gasteiger partial charge in [-0.3, -0.25) is 4.98 Å². The first kappa shape index (κ1) is 11.6. The number of hydrogen-bond donors (Lipinski definition) is 1. The zero-order valence-electron chi connectivity index (χ0n) is 10.7. The predicted molar refractivity (Wildman–Crippen MR) is 76.6 cm³/mol. The second kappa shape index (κ2) is 4.65. The highest BCUT2D eigenvalue weighted by Gasteiger charge is 2.10. The molecule has 3 rings (SSSR count). The summed E-state index contributed by atoms with van der Waals surface area (Å²) in [5, 5.41) is 1.12. The smallest absolute Gasteiger partial charge is 0.130 e. The predicted octanol–water partition coefficient (Wildman–Crippen LogP) is 2.84. The van der Waals surface area contributed by atoms with Gasteiger partial charge in [-0.05, 0) is 18.6 Å². The molecule has 0 atom stereocenters. The van der Waals surface area contributed by atoms with Crippen molar-refractivity contribution in [2.75, 3.05) is 5.73 Å². The summed E-state index contributed by atoms with van der Waals surface area (Å²) in [6.07, 6.45) is 4.11. The lowest BCUT2D eigenvalue weighted by molar-refractivity contribution is 1.06. The van der Waals surface area contributed by atoms with Crippen LogP contribution in [0.4, 0.5) is 5.82 Å². The standard InChI is InChI=1S/C15H14N4/c1-2-12-14(18-9-19-15(12)16)11-6-5-10-4-3-7-17-13(10)8-11/h3-9H,2H2,1H3,(H2,16,18,19). The summed E-state index contributed by atoms with van der Waals surface area (Å²) in [6.45, 7) is 2.05. The van der Waals surface area contributed by atoms with Crippen molar-refractivity contribution in [1.29, 1.82) is 0 Å². The molecule has 2 heterocycles. The molecule has 94 valence electrons. The van der Waals surface area contributed by atoms with E-state index in [9.17, 15) is 0 Å². The summed E-state index contributed by atoms with van der Waals surface area (Å²) < 4.78 is 0. The Morgan fingerprint density at radius 1 is 1.11 bits per heavy atom. The van der Waals surface area contributed by atoms with Gasteiger partial charge in [0.05, 0.1) is 11.2 Å². The highest BCUT2D eigenvalue weighted by Crippen LogP contribution is 2.26. The van der Waals surface area contributed by atoms with Crippen LogP contribution < -0.4 is 5.73 Å². The maximum Gasteiger partial charge on any atom is 0.130 e. The Kier molecular flexibility index (Phi) is 2.83. The number of hydrogen-bond acceptors (Lipinski definition) is 4. The average molecular weight is 250 g/mol. The molecule has 0 bridgehead atoms. The van der Waals surface area contributed by atoms with Gasteiger partial charge in [-0.2, -0.15) is 0 Å². The van der Waals surface area contributed by atoms with Crippen LogP contribution in [-0.2, 0) is 6.42 Å². The van der Waals surface area contributed by atoms with Crippen molar-refractivity contribution in [2.24, 2.45) is 0 Å². The number of nitrogen functional groups attached to an aromatic ring is 1. The van der Waals surface area contributed by atoms with Crippen LogP contribution >= 0.6 is 0 Å². The normalized spacial score (nSPS) is 10.8. The van der Waals surface area contributed by atoms with Gasteiger partial charge >= 0.3 is 0 Å². The SMILES string of the molecule is CCc1c(N)ncnc1-c1ccc2cccnc2c1. The average Bonchev–Trinajstić information content (AvgIpc) is 2.46. The van der Waals surface area contributed by atoms with Crippen LogP contribution in [0.5, 0.6) is 0 Å². The molecule has 4 heteroatoms. The number of benzene rings is 1. The molecule has 0 saturated carbocycles. The van der Waals surface area contributed by atoms with E-state index in [-0.39, 0.29) is 0 Å². The van der Waals surface area contributed by atoms with E-state index in [0.29, 0.717) is 5.82 Å². The van der Waals surface area contributed by atoms with Crippen molar-refractivity contribution in [1.82, 2.24) is 15.0 Å². The fourth-order valence-corrected chi connectivity index (χ4v) is 2.24. The maximum absolute atomic E-state index is 5.92. The zero-order valence-corrected chi connectivity index (χ0v) is 10.7. The third-order valence-corrected chi connectivity index (χ3v) is 3.21. The van der Waals surface area contributed by atoms with E-state index >= 15 is 0 Å². The molecule has 0 aliphatic rings. The first-order valence-electron chi connectivity index (χ1n) is 6.24. The Morgan fingerprint density at radius 2 is 2.00 bits per heavy atom.